The Bertz CT molecular complexity index is 1340. The van der Waals surface area contributed by atoms with E-state index >= 15 is 0 Å². The zero-order chi connectivity index (χ0) is 22.9. The van der Waals surface area contributed by atoms with Crippen molar-refractivity contribution in [1.29, 1.82) is 0 Å². The van der Waals surface area contributed by atoms with Crippen molar-refractivity contribution in [2.24, 2.45) is 0 Å². The maximum Gasteiger partial charge on any atom is 0.254 e. The third-order valence-electron chi connectivity index (χ3n) is 6.25. The zero-order valence-electron chi connectivity index (χ0n) is 18.5. The number of amides is 2. The van der Waals surface area contributed by atoms with E-state index in [-0.39, 0.29) is 11.8 Å². The fraction of sp³-hybridized carbons (Fsp3) is 0.185. The number of benzene rings is 3. The number of para-hydroxylation sites is 3. The van der Waals surface area contributed by atoms with Crippen molar-refractivity contribution >= 4 is 28.4 Å². The largest absolute Gasteiger partial charge is 0.492 e. The molecule has 6 nitrogen and oxygen atoms in total. The number of rotatable bonds is 5. The van der Waals surface area contributed by atoms with E-state index in [1.54, 1.807) is 18.0 Å². The monoisotopic (exact) mass is 439 g/mol. The van der Waals surface area contributed by atoms with Crippen molar-refractivity contribution in [2.45, 2.75) is 18.9 Å². The highest BCUT2D eigenvalue weighted by molar-refractivity contribution is 6.05. The molecule has 2 atom stereocenters. The second-order valence-electron chi connectivity index (χ2n) is 8.13. The van der Waals surface area contributed by atoms with Gasteiger partial charge in [0.25, 0.3) is 5.91 Å². The molecule has 0 bridgehead atoms. The Hall–Kier alpha value is -4.06. The van der Waals surface area contributed by atoms with Crippen molar-refractivity contribution < 1.29 is 14.3 Å². The van der Waals surface area contributed by atoms with Gasteiger partial charge in [-0.2, -0.15) is 0 Å². The Balaban J connectivity index is 1.63. The van der Waals surface area contributed by atoms with Crippen molar-refractivity contribution in [3.8, 4) is 5.75 Å². The predicted molar refractivity (Wildman–Crippen MR) is 129 cm³/mol. The lowest BCUT2D eigenvalue weighted by atomic mass is 9.79. The minimum atomic E-state index is -0.599. The number of likely N-dealkylation sites (N-methyl/N-ethyl adjacent to an activating group) is 1. The van der Waals surface area contributed by atoms with Gasteiger partial charge >= 0.3 is 0 Å². The van der Waals surface area contributed by atoms with Gasteiger partial charge in [-0.15, -0.1) is 0 Å². The molecule has 0 saturated heterocycles. The Morgan fingerprint density at radius 2 is 1.73 bits per heavy atom. The summed E-state index contributed by atoms with van der Waals surface area (Å²) in [5, 5.41) is 4.06. The van der Waals surface area contributed by atoms with Crippen LogP contribution in [0.4, 0.5) is 5.69 Å². The van der Waals surface area contributed by atoms with Gasteiger partial charge in [-0.1, -0.05) is 48.5 Å². The highest BCUT2D eigenvalue weighted by atomic mass is 16.5. The van der Waals surface area contributed by atoms with Gasteiger partial charge in [0.15, 0.2) is 0 Å². The molecule has 4 aromatic rings. The lowest BCUT2D eigenvalue weighted by Crippen LogP contribution is -2.44. The number of hydrogen-bond acceptors (Lipinski definition) is 3. The Morgan fingerprint density at radius 3 is 2.58 bits per heavy atom. The van der Waals surface area contributed by atoms with Crippen LogP contribution in [0.5, 0.6) is 5.75 Å². The average molecular weight is 440 g/mol. The number of nitrogens with zero attached hydrogens (tertiary/aromatic N) is 1. The number of H-pyrrole nitrogens is 1. The molecular formula is C27H25N3O3. The number of nitrogens with one attached hydrogen (secondary N) is 2. The fourth-order valence-electron chi connectivity index (χ4n) is 4.75. The third kappa shape index (κ3) is 3.53. The van der Waals surface area contributed by atoms with E-state index in [1.807, 2.05) is 79.9 Å². The Morgan fingerprint density at radius 1 is 1.00 bits per heavy atom. The van der Waals surface area contributed by atoms with E-state index in [0.717, 1.165) is 22.0 Å². The molecule has 0 spiro atoms. The molecule has 0 radical (unpaired) electrons. The van der Waals surface area contributed by atoms with Crippen LogP contribution < -0.4 is 10.1 Å². The van der Waals surface area contributed by atoms with Gasteiger partial charge in [0.1, 0.15) is 5.75 Å². The molecule has 0 aliphatic carbocycles. The number of aromatic amines is 1. The van der Waals surface area contributed by atoms with E-state index in [0.29, 0.717) is 23.6 Å². The normalized spacial score (nSPS) is 17.6. The van der Waals surface area contributed by atoms with Crippen LogP contribution in [0, 0.1) is 0 Å². The molecule has 2 N–H and O–H groups in total. The van der Waals surface area contributed by atoms with Gasteiger partial charge in [0.05, 0.1) is 24.3 Å². The summed E-state index contributed by atoms with van der Waals surface area (Å²) in [6, 6.07) is 22.2. The Labute approximate surface area is 192 Å². The predicted octanol–water partition coefficient (Wildman–Crippen LogP) is 5.12. The van der Waals surface area contributed by atoms with Gasteiger partial charge in [-0.25, -0.2) is 0 Å². The summed E-state index contributed by atoms with van der Waals surface area (Å²) in [5.74, 6) is -0.271. The standard InChI is InChI=1S/C27H25N3O3/c1-3-33-23-15-9-8-14-22(23)29-26(31)24-18-11-4-5-12-19(18)27(32)30(2)25(24)20-16-28-21-13-7-6-10-17(20)21/h4-16,24-25,28H,3H2,1-2H3,(H,29,31). The van der Waals surface area contributed by atoms with Crippen LogP contribution in [0.15, 0.2) is 79.0 Å². The molecule has 2 amide bonds. The Kier molecular flexibility index (Phi) is 5.34. The van der Waals surface area contributed by atoms with Crippen LogP contribution >= 0.6 is 0 Å². The van der Waals surface area contributed by atoms with Crippen molar-refractivity contribution in [3.63, 3.8) is 0 Å². The summed E-state index contributed by atoms with van der Waals surface area (Å²) in [4.78, 5) is 32.1. The molecule has 5 rings (SSSR count). The first kappa shape index (κ1) is 20.8. The van der Waals surface area contributed by atoms with Gasteiger partial charge in [-0.05, 0) is 36.8 Å². The van der Waals surface area contributed by atoms with Crippen molar-refractivity contribution in [1.82, 2.24) is 9.88 Å². The second-order valence-corrected chi connectivity index (χ2v) is 8.13. The van der Waals surface area contributed by atoms with Crippen LogP contribution in [0.2, 0.25) is 0 Å². The molecule has 1 aromatic heterocycles. The summed E-state index contributed by atoms with van der Waals surface area (Å²) in [6.45, 7) is 2.40. The molecular weight excluding hydrogens is 414 g/mol. The second kappa shape index (κ2) is 8.47. The lowest BCUT2D eigenvalue weighted by Gasteiger charge is -2.39. The zero-order valence-corrected chi connectivity index (χ0v) is 18.5. The lowest BCUT2D eigenvalue weighted by molar-refractivity contribution is -0.119. The minimum absolute atomic E-state index is 0.0975. The summed E-state index contributed by atoms with van der Waals surface area (Å²) in [5.41, 5.74) is 3.76. The highest BCUT2D eigenvalue weighted by Gasteiger charge is 2.43. The number of ether oxygens (including phenoxy) is 1. The molecule has 6 heteroatoms. The average Bonchev–Trinajstić information content (AvgIpc) is 3.26. The summed E-state index contributed by atoms with van der Waals surface area (Å²) < 4.78 is 5.71. The number of aromatic nitrogens is 1. The van der Waals surface area contributed by atoms with Gasteiger partial charge in [-0.3, -0.25) is 9.59 Å². The van der Waals surface area contributed by atoms with Crippen molar-refractivity contribution in [3.05, 3.63) is 95.7 Å². The summed E-state index contributed by atoms with van der Waals surface area (Å²) in [7, 11) is 1.76. The SMILES string of the molecule is CCOc1ccccc1NC(=O)C1c2ccccc2C(=O)N(C)C1c1c[nH]c2ccccc12. The van der Waals surface area contributed by atoms with E-state index in [9.17, 15) is 9.59 Å². The summed E-state index contributed by atoms with van der Waals surface area (Å²) in [6.07, 6.45) is 1.90. The number of hydrogen-bond donors (Lipinski definition) is 2. The molecule has 3 aromatic carbocycles. The molecule has 33 heavy (non-hydrogen) atoms. The van der Waals surface area contributed by atoms with Crippen LogP contribution in [-0.2, 0) is 4.79 Å². The van der Waals surface area contributed by atoms with E-state index < -0.39 is 12.0 Å². The van der Waals surface area contributed by atoms with Gasteiger partial charge < -0.3 is 19.9 Å². The van der Waals surface area contributed by atoms with E-state index in [4.69, 9.17) is 4.74 Å². The van der Waals surface area contributed by atoms with Crippen molar-refractivity contribution in [2.75, 3.05) is 19.0 Å². The minimum Gasteiger partial charge on any atom is -0.492 e. The molecule has 166 valence electrons. The number of carbonyl (C=O) groups excluding carboxylic acids is 2. The molecule has 0 saturated carbocycles. The van der Waals surface area contributed by atoms with Gasteiger partial charge in [0.2, 0.25) is 5.91 Å². The van der Waals surface area contributed by atoms with Crippen LogP contribution in [0.3, 0.4) is 0 Å². The van der Waals surface area contributed by atoms with Crippen LogP contribution in [-0.4, -0.2) is 35.4 Å². The molecule has 0 fully saturated rings. The molecule has 1 aliphatic heterocycles. The number of fused-ring (bicyclic) bond motifs is 2. The maximum atomic E-state index is 13.9. The van der Waals surface area contributed by atoms with Gasteiger partial charge in [0, 0.05) is 35.3 Å². The summed E-state index contributed by atoms with van der Waals surface area (Å²) >= 11 is 0. The molecule has 1 aliphatic rings. The number of anilines is 1. The smallest absolute Gasteiger partial charge is 0.254 e. The number of carbonyl (C=O) groups is 2. The van der Waals surface area contributed by atoms with Crippen LogP contribution in [0.25, 0.3) is 10.9 Å². The molecule has 2 unspecified atom stereocenters. The van der Waals surface area contributed by atoms with Crippen LogP contribution in [0.1, 0.15) is 40.4 Å². The first-order valence-electron chi connectivity index (χ1n) is 11.0. The third-order valence-corrected chi connectivity index (χ3v) is 6.25. The molecule has 2 heterocycles. The quantitative estimate of drug-likeness (QED) is 0.453. The fourth-order valence-corrected chi connectivity index (χ4v) is 4.75. The first-order valence-corrected chi connectivity index (χ1v) is 11.0. The maximum absolute atomic E-state index is 13.9. The van der Waals surface area contributed by atoms with E-state index in [2.05, 4.69) is 10.3 Å². The topological polar surface area (TPSA) is 74.4 Å². The highest BCUT2D eigenvalue weighted by Crippen LogP contribution is 2.44. The first-order chi connectivity index (χ1) is 16.1. The van der Waals surface area contributed by atoms with E-state index in [1.165, 1.54) is 0 Å².